The lowest BCUT2D eigenvalue weighted by molar-refractivity contribution is 0.0977. The molecule has 1 N–H and O–H groups in total. The first-order valence-electron chi connectivity index (χ1n) is 10.3. The number of benzene rings is 2. The molecule has 0 unspecified atom stereocenters. The van der Waals surface area contributed by atoms with E-state index in [-0.39, 0.29) is 5.78 Å². The van der Waals surface area contributed by atoms with Crippen molar-refractivity contribution in [2.45, 2.75) is 32.1 Å². The summed E-state index contributed by atoms with van der Waals surface area (Å²) in [4.78, 5) is 18.6. The highest BCUT2D eigenvalue weighted by molar-refractivity contribution is 5.99. The van der Waals surface area contributed by atoms with Crippen LogP contribution in [0.1, 0.15) is 41.6 Å². The van der Waals surface area contributed by atoms with Gasteiger partial charge in [0, 0.05) is 30.1 Å². The van der Waals surface area contributed by atoms with Gasteiger partial charge < -0.3 is 9.72 Å². The number of ketones is 1. The summed E-state index contributed by atoms with van der Waals surface area (Å²) >= 11 is 0. The van der Waals surface area contributed by atoms with Crippen LogP contribution in [0, 0.1) is 0 Å². The summed E-state index contributed by atoms with van der Waals surface area (Å²) in [7, 11) is 0. The van der Waals surface area contributed by atoms with E-state index in [2.05, 4.69) is 28.1 Å². The van der Waals surface area contributed by atoms with Gasteiger partial charge in [-0.15, -0.1) is 0 Å². The number of aryl methyl sites for hydroxylation is 1. The first-order chi connectivity index (χ1) is 13.8. The number of hydrogen-bond donors (Lipinski definition) is 1. The molecule has 2 heterocycles. The quantitative estimate of drug-likeness (QED) is 0.572. The number of likely N-dealkylation sites (tertiary alicyclic amines) is 1. The number of aromatic nitrogens is 1. The van der Waals surface area contributed by atoms with E-state index in [4.69, 9.17) is 4.74 Å². The molecule has 0 bridgehead atoms. The average molecular weight is 377 g/mol. The third kappa shape index (κ3) is 4.45. The largest absolute Gasteiger partial charge is 0.491 e. The molecule has 0 radical (unpaired) electrons. The summed E-state index contributed by atoms with van der Waals surface area (Å²) in [5.74, 6) is 0.852. The fourth-order valence-corrected chi connectivity index (χ4v) is 4.04. The number of H-pyrrole nitrogens is 1. The van der Waals surface area contributed by atoms with E-state index in [1.165, 1.54) is 30.2 Å². The van der Waals surface area contributed by atoms with Gasteiger partial charge in [0.25, 0.3) is 0 Å². The molecule has 0 amide bonds. The topological polar surface area (TPSA) is 45.3 Å². The molecule has 3 aromatic rings. The third-order valence-corrected chi connectivity index (χ3v) is 5.61. The Morgan fingerprint density at radius 2 is 1.86 bits per heavy atom. The highest BCUT2D eigenvalue weighted by Gasteiger charge is 2.14. The van der Waals surface area contributed by atoms with E-state index >= 15 is 0 Å². The summed E-state index contributed by atoms with van der Waals surface area (Å²) in [6.07, 6.45) is 7.06. The van der Waals surface area contributed by atoms with E-state index in [9.17, 15) is 4.79 Å². The summed E-state index contributed by atoms with van der Waals surface area (Å²) in [6.45, 7) is 3.88. The van der Waals surface area contributed by atoms with Gasteiger partial charge in [-0.25, -0.2) is 0 Å². The van der Waals surface area contributed by atoms with Crippen LogP contribution in [0.2, 0.25) is 0 Å². The smallest absolute Gasteiger partial charge is 0.166 e. The lowest BCUT2D eigenvalue weighted by atomic mass is 10.00. The van der Waals surface area contributed by atoms with Crippen LogP contribution in [-0.4, -0.2) is 41.9 Å². The van der Waals surface area contributed by atoms with Crippen LogP contribution >= 0.6 is 0 Å². The Morgan fingerprint density at radius 3 is 2.75 bits per heavy atom. The second kappa shape index (κ2) is 9.07. The van der Waals surface area contributed by atoms with Gasteiger partial charge in [0.1, 0.15) is 12.4 Å². The normalized spacial score (nSPS) is 15.0. The Hall–Kier alpha value is -2.59. The highest BCUT2D eigenvalue weighted by Crippen LogP contribution is 2.23. The number of carbonyl (C=O) groups is 1. The van der Waals surface area contributed by atoms with Crippen molar-refractivity contribution in [2.24, 2.45) is 0 Å². The molecule has 4 nitrogen and oxygen atoms in total. The van der Waals surface area contributed by atoms with Crippen molar-refractivity contribution in [1.82, 2.24) is 9.88 Å². The molecule has 0 atom stereocenters. The van der Waals surface area contributed by atoms with Gasteiger partial charge >= 0.3 is 0 Å². The van der Waals surface area contributed by atoms with Crippen molar-refractivity contribution in [3.8, 4) is 5.75 Å². The van der Waals surface area contributed by atoms with Crippen LogP contribution in [0.5, 0.6) is 5.75 Å². The minimum absolute atomic E-state index is 0.140. The standard InChI is InChI=1S/C24H28N2O2/c27-23(12-11-19-7-6-9-22-20(19)13-14-25-22)21-8-2-3-10-24(21)28-18-17-26-15-4-1-5-16-26/h2-3,6-10,13-14,25H,1,4-5,11-12,15-18H2. The number of hydrogen-bond acceptors (Lipinski definition) is 3. The van der Waals surface area contributed by atoms with Crippen molar-refractivity contribution in [2.75, 3.05) is 26.2 Å². The second-order valence-electron chi connectivity index (χ2n) is 7.53. The number of para-hydroxylation sites is 1. The van der Waals surface area contributed by atoms with Gasteiger partial charge in [-0.1, -0.05) is 30.7 Å². The lowest BCUT2D eigenvalue weighted by Gasteiger charge is -2.26. The highest BCUT2D eigenvalue weighted by atomic mass is 16.5. The van der Waals surface area contributed by atoms with Crippen molar-refractivity contribution in [3.05, 3.63) is 65.9 Å². The van der Waals surface area contributed by atoms with Crippen LogP contribution in [0.15, 0.2) is 54.7 Å². The number of ether oxygens (including phenoxy) is 1. The Bertz CT molecular complexity index is 925. The molecule has 1 aliphatic rings. The summed E-state index contributed by atoms with van der Waals surface area (Å²) in [5, 5.41) is 1.20. The maximum atomic E-state index is 12.9. The minimum atomic E-state index is 0.140. The predicted molar refractivity (Wildman–Crippen MR) is 113 cm³/mol. The Kier molecular flexibility index (Phi) is 6.07. The maximum Gasteiger partial charge on any atom is 0.166 e. The molecule has 0 aliphatic carbocycles. The number of piperidine rings is 1. The summed E-state index contributed by atoms with van der Waals surface area (Å²) < 4.78 is 6.00. The molecule has 4 rings (SSSR count). The van der Waals surface area contributed by atoms with Gasteiger partial charge in [0.15, 0.2) is 5.78 Å². The van der Waals surface area contributed by atoms with Gasteiger partial charge in [0.05, 0.1) is 5.56 Å². The molecule has 1 fully saturated rings. The summed E-state index contributed by atoms with van der Waals surface area (Å²) in [5.41, 5.74) is 3.02. The second-order valence-corrected chi connectivity index (χ2v) is 7.53. The van der Waals surface area contributed by atoms with Gasteiger partial charge in [-0.3, -0.25) is 9.69 Å². The fraction of sp³-hybridized carbons (Fsp3) is 0.375. The van der Waals surface area contributed by atoms with E-state index < -0.39 is 0 Å². The zero-order valence-corrected chi connectivity index (χ0v) is 16.3. The number of aromatic amines is 1. The van der Waals surface area contributed by atoms with Crippen molar-refractivity contribution in [3.63, 3.8) is 0 Å². The van der Waals surface area contributed by atoms with E-state index in [1.807, 2.05) is 36.5 Å². The Labute approximate surface area is 166 Å². The first kappa shape index (κ1) is 18.8. The van der Waals surface area contributed by atoms with Crippen molar-refractivity contribution in [1.29, 1.82) is 0 Å². The molecular formula is C24H28N2O2. The number of nitrogens with one attached hydrogen (secondary N) is 1. The lowest BCUT2D eigenvalue weighted by Crippen LogP contribution is -2.33. The zero-order valence-electron chi connectivity index (χ0n) is 16.3. The summed E-state index contributed by atoms with van der Waals surface area (Å²) in [6, 6.07) is 15.9. The number of rotatable bonds is 8. The van der Waals surface area contributed by atoms with Crippen LogP contribution in [-0.2, 0) is 6.42 Å². The monoisotopic (exact) mass is 376 g/mol. The van der Waals surface area contributed by atoms with Crippen molar-refractivity contribution >= 4 is 16.7 Å². The zero-order chi connectivity index (χ0) is 19.2. The van der Waals surface area contributed by atoms with E-state index in [0.29, 0.717) is 24.3 Å². The Balaban J connectivity index is 1.36. The number of carbonyl (C=O) groups excluding carboxylic acids is 1. The van der Waals surface area contributed by atoms with Crippen LogP contribution in [0.4, 0.5) is 0 Å². The molecule has 146 valence electrons. The minimum Gasteiger partial charge on any atom is -0.491 e. The average Bonchev–Trinajstić information content (AvgIpc) is 3.23. The number of Topliss-reactive ketones (excluding diaryl/α,β-unsaturated/α-hetero) is 1. The molecule has 4 heteroatoms. The molecule has 1 saturated heterocycles. The Morgan fingerprint density at radius 1 is 1.00 bits per heavy atom. The van der Waals surface area contributed by atoms with Gasteiger partial charge in [-0.05, 0) is 62.2 Å². The molecule has 2 aromatic carbocycles. The first-order valence-corrected chi connectivity index (χ1v) is 10.3. The maximum absolute atomic E-state index is 12.9. The molecule has 28 heavy (non-hydrogen) atoms. The number of nitrogens with zero attached hydrogens (tertiary/aromatic N) is 1. The molecule has 1 aromatic heterocycles. The van der Waals surface area contributed by atoms with Gasteiger partial charge in [-0.2, -0.15) is 0 Å². The van der Waals surface area contributed by atoms with Gasteiger partial charge in [0.2, 0.25) is 0 Å². The van der Waals surface area contributed by atoms with Crippen LogP contribution in [0.3, 0.4) is 0 Å². The van der Waals surface area contributed by atoms with Crippen LogP contribution in [0.25, 0.3) is 10.9 Å². The fourth-order valence-electron chi connectivity index (χ4n) is 4.04. The molecular weight excluding hydrogens is 348 g/mol. The molecule has 0 spiro atoms. The van der Waals surface area contributed by atoms with Crippen LogP contribution < -0.4 is 4.74 Å². The predicted octanol–water partition coefficient (Wildman–Crippen LogP) is 4.85. The van der Waals surface area contributed by atoms with E-state index in [1.54, 1.807) is 0 Å². The SMILES string of the molecule is O=C(CCc1cccc2[nH]ccc12)c1ccccc1OCCN1CCCCC1. The number of fused-ring (bicyclic) bond motifs is 1. The van der Waals surface area contributed by atoms with Crippen molar-refractivity contribution < 1.29 is 9.53 Å². The molecule has 1 aliphatic heterocycles. The third-order valence-electron chi connectivity index (χ3n) is 5.61. The molecule has 0 saturated carbocycles. The van der Waals surface area contributed by atoms with E-state index in [0.717, 1.165) is 31.6 Å².